The standard InChI is InChI=1S/C10H16N5O13P3.4H2O/c11-8-5-9(13-2-12-8)15(3-14-5)10-7(17)6(16)4(26-10)1-25-30(21,22)28-31(23,24)27-29(18,19)20;;;;/h2-4,6-7,10,16-17H,1H2,(H,21,22)(H,23,24)(H2,11,12,13)(H2,18,19,20);4*1H2/t4-,6-,7-,10?;;;;/m1..../s1. The molecule has 25 heteroatoms. The summed E-state index contributed by atoms with van der Waals surface area (Å²) in [5, 5.41) is 20.4. The van der Waals surface area contributed by atoms with Crippen LogP contribution < -0.4 is 5.73 Å². The Kier molecular flexibility index (Phi) is 12.9. The van der Waals surface area contributed by atoms with Crippen molar-refractivity contribution >= 4 is 40.4 Å². The molecule has 1 saturated heterocycles. The van der Waals surface area contributed by atoms with Gasteiger partial charge in [0.15, 0.2) is 17.7 Å². The Bertz CT molecular complexity index is 1110. The molecule has 1 fully saturated rings. The number of phosphoric acid groups is 3. The zero-order valence-electron chi connectivity index (χ0n) is 16.9. The summed E-state index contributed by atoms with van der Waals surface area (Å²) in [6.45, 7) is -0.956. The number of hydrogen-bond donors (Lipinski definition) is 7. The minimum absolute atomic E-state index is 0. The van der Waals surface area contributed by atoms with Crippen LogP contribution in [0.4, 0.5) is 5.82 Å². The molecular weight excluding hydrogens is 555 g/mol. The Balaban J connectivity index is 0. The number of nitrogens with two attached hydrogens (primary N) is 1. The van der Waals surface area contributed by atoms with E-state index >= 15 is 0 Å². The summed E-state index contributed by atoms with van der Waals surface area (Å²) < 4.78 is 51.9. The van der Waals surface area contributed by atoms with Crippen molar-refractivity contribution in [3.8, 4) is 0 Å². The van der Waals surface area contributed by atoms with Crippen LogP contribution in [0.25, 0.3) is 11.2 Å². The minimum Gasteiger partial charge on any atom is -0.412 e. The second kappa shape index (κ2) is 12.6. The van der Waals surface area contributed by atoms with Gasteiger partial charge >= 0.3 is 23.5 Å². The first-order valence-electron chi connectivity index (χ1n) is 7.92. The predicted molar refractivity (Wildman–Crippen MR) is 110 cm³/mol. The van der Waals surface area contributed by atoms with Gasteiger partial charge in [0.1, 0.15) is 30.2 Å². The zero-order valence-corrected chi connectivity index (χ0v) is 19.6. The van der Waals surface area contributed by atoms with Gasteiger partial charge in [-0.25, -0.2) is 28.6 Å². The topological polar surface area (TPSA) is 405 Å². The summed E-state index contributed by atoms with van der Waals surface area (Å²) in [5.41, 5.74) is 6.00. The van der Waals surface area contributed by atoms with Gasteiger partial charge in [0.2, 0.25) is 0 Å². The summed E-state index contributed by atoms with van der Waals surface area (Å²) in [5.74, 6) is 0.0426. The highest BCUT2D eigenvalue weighted by atomic mass is 31.3. The number of aliphatic hydroxyl groups excluding tert-OH is 2. The van der Waals surface area contributed by atoms with Crippen molar-refractivity contribution in [2.75, 3.05) is 12.3 Å². The molecule has 1 aliphatic rings. The Morgan fingerprint density at radius 2 is 1.54 bits per heavy atom. The molecule has 0 saturated carbocycles. The normalized spacial score (nSPS) is 25.2. The third kappa shape index (κ3) is 8.53. The molecule has 0 radical (unpaired) electrons. The van der Waals surface area contributed by atoms with Crippen molar-refractivity contribution in [1.29, 1.82) is 0 Å². The van der Waals surface area contributed by atoms with E-state index < -0.39 is 54.6 Å². The molecule has 0 aliphatic carbocycles. The molecule has 0 aromatic carbocycles. The summed E-state index contributed by atoms with van der Waals surface area (Å²) >= 11 is 0. The van der Waals surface area contributed by atoms with E-state index in [1.165, 1.54) is 10.9 Å². The molecule has 3 heterocycles. The number of nitrogen functional groups attached to an aromatic ring is 1. The van der Waals surface area contributed by atoms with Crippen LogP contribution in [0.15, 0.2) is 12.7 Å². The maximum Gasteiger partial charge on any atom is 0.490 e. The van der Waals surface area contributed by atoms with Gasteiger partial charge in [0.25, 0.3) is 0 Å². The van der Waals surface area contributed by atoms with E-state index in [1.807, 2.05) is 0 Å². The molecule has 3 unspecified atom stereocenters. The van der Waals surface area contributed by atoms with Gasteiger partial charge in [-0.15, -0.1) is 0 Å². The monoisotopic (exact) mass is 579 g/mol. The smallest absolute Gasteiger partial charge is 0.412 e. The van der Waals surface area contributed by atoms with E-state index in [4.69, 9.17) is 25.2 Å². The van der Waals surface area contributed by atoms with Crippen LogP contribution in [0.1, 0.15) is 6.23 Å². The van der Waals surface area contributed by atoms with Gasteiger partial charge in [-0.1, -0.05) is 0 Å². The Morgan fingerprint density at radius 3 is 2.11 bits per heavy atom. The van der Waals surface area contributed by atoms with E-state index in [2.05, 4.69) is 28.1 Å². The van der Waals surface area contributed by atoms with Crippen molar-refractivity contribution in [2.45, 2.75) is 24.5 Å². The number of phosphoric ester groups is 1. The molecule has 0 bridgehead atoms. The highest BCUT2D eigenvalue weighted by molar-refractivity contribution is 7.66. The van der Waals surface area contributed by atoms with Crippen molar-refractivity contribution in [3.63, 3.8) is 0 Å². The van der Waals surface area contributed by atoms with E-state index in [0.717, 1.165) is 6.33 Å². The Morgan fingerprint density at radius 1 is 0.943 bits per heavy atom. The van der Waals surface area contributed by atoms with E-state index in [1.54, 1.807) is 0 Å². The van der Waals surface area contributed by atoms with Crippen molar-refractivity contribution < 1.29 is 83.3 Å². The molecule has 35 heavy (non-hydrogen) atoms. The van der Waals surface area contributed by atoms with Crippen molar-refractivity contribution in [1.82, 2.24) is 19.5 Å². The van der Waals surface area contributed by atoms with Crippen LogP contribution >= 0.6 is 23.5 Å². The number of nitrogens with zero attached hydrogens (tertiary/aromatic N) is 4. The van der Waals surface area contributed by atoms with E-state index in [-0.39, 0.29) is 38.9 Å². The summed E-state index contributed by atoms with van der Waals surface area (Å²) in [6.07, 6.45) is -3.69. The fourth-order valence-corrected chi connectivity index (χ4v) is 5.65. The summed E-state index contributed by atoms with van der Waals surface area (Å²) in [7, 11) is -16.7. The minimum atomic E-state index is -5.70. The Labute approximate surface area is 193 Å². The van der Waals surface area contributed by atoms with Crippen LogP contribution in [-0.2, 0) is 31.6 Å². The maximum atomic E-state index is 11.8. The first-order valence-corrected chi connectivity index (χ1v) is 12.4. The average Bonchev–Trinajstić information content (AvgIpc) is 3.13. The van der Waals surface area contributed by atoms with E-state index in [9.17, 15) is 28.8 Å². The number of imidazole rings is 1. The number of rotatable bonds is 8. The SMILES string of the molecule is Nc1ncnc2c1ncn2C1O[C@H](COP(=O)(O)OP(=O)(O)OP(=O)(O)O)[C@@H](O)[C@H]1O.O.O.O.O. The molecule has 16 N–H and O–H groups in total. The van der Waals surface area contributed by atoms with Gasteiger partial charge in [0, 0.05) is 0 Å². The second-order valence-electron chi connectivity index (χ2n) is 6.02. The molecule has 22 nitrogen and oxygen atoms in total. The third-order valence-corrected chi connectivity index (χ3v) is 7.62. The lowest BCUT2D eigenvalue weighted by Crippen LogP contribution is -2.33. The van der Waals surface area contributed by atoms with Crippen LogP contribution in [-0.4, -0.2) is 96.1 Å². The highest BCUT2D eigenvalue weighted by Crippen LogP contribution is 2.66. The van der Waals surface area contributed by atoms with Gasteiger partial charge in [0.05, 0.1) is 12.9 Å². The molecule has 3 rings (SSSR count). The quantitative estimate of drug-likeness (QED) is 0.144. The van der Waals surface area contributed by atoms with Crippen LogP contribution in [0.5, 0.6) is 0 Å². The fourth-order valence-electron chi connectivity index (χ4n) is 2.62. The number of aromatic nitrogens is 4. The van der Waals surface area contributed by atoms with Crippen molar-refractivity contribution in [2.24, 2.45) is 0 Å². The number of fused-ring (bicyclic) bond motifs is 1. The summed E-state index contributed by atoms with van der Waals surface area (Å²) in [4.78, 5) is 47.2. The third-order valence-electron chi connectivity index (χ3n) is 3.82. The van der Waals surface area contributed by atoms with E-state index in [0.29, 0.717) is 0 Å². The summed E-state index contributed by atoms with van der Waals surface area (Å²) in [6, 6.07) is 0. The van der Waals surface area contributed by atoms with Gasteiger partial charge < -0.3 is 62.2 Å². The number of ether oxygens (including phenoxy) is 1. The Hall–Kier alpha value is -1.52. The fraction of sp³-hybridized carbons (Fsp3) is 0.500. The number of hydrogen-bond acceptors (Lipinski definition) is 13. The molecule has 0 amide bonds. The molecule has 206 valence electrons. The second-order valence-corrected chi connectivity index (χ2v) is 10.4. The molecule has 2 aromatic heterocycles. The molecule has 6 atom stereocenters. The lowest BCUT2D eigenvalue weighted by Gasteiger charge is -2.19. The average molecular weight is 579 g/mol. The van der Waals surface area contributed by atoms with Gasteiger partial charge in [-0.2, -0.15) is 8.62 Å². The first-order chi connectivity index (χ1) is 14.2. The predicted octanol–water partition coefficient (Wildman–Crippen LogP) is -4.93. The van der Waals surface area contributed by atoms with Crippen LogP contribution in [0.3, 0.4) is 0 Å². The molecule has 1 aliphatic heterocycles. The molecule has 2 aromatic rings. The largest absolute Gasteiger partial charge is 0.490 e. The molecular formula is C10H24N5O17P3. The lowest BCUT2D eigenvalue weighted by atomic mass is 10.1. The first kappa shape index (κ1) is 35.6. The lowest BCUT2D eigenvalue weighted by molar-refractivity contribution is -0.0503. The van der Waals surface area contributed by atoms with Crippen LogP contribution in [0, 0.1) is 0 Å². The maximum absolute atomic E-state index is 11.8. The van der Waals surface area contributed by atoms with Crippen molar-refractivity contribution in [3.05, 3.63) is 12.7 Å². The van der Waals surface area contributed by atoms with Gasteiger partial charge in [-0.05, 0) is 0 Å². The number of aliphatic hydroxyl groups is 2. The zero-order chi connectivity index (χ0) is 23.2. The molecule has 0 spiro atoms. The van der Waals surface area contributed by atoms with Crippen LogP contribution in [0.2, 0.25) is 0 Å². The highest BCUT2D eigenvalue weighted by Gasteiger charge is 2.47. The van der Waals surface area contributed by atoms with Gasteiger partial charge in [-0.3, -0.25) is 9.09 Å². The number of anilines is 1.